The number of hydrogen-bond donors (Lipinski definition) is 5. The third kappa shape index (κ3) is 4.30. The molecule has 39 heavy (non-hydrogen) atoms. The Morgan fingerprint density at radius 1 is 1.21 bits per heavy atom. The van der Waals surface area contributed by atoms with Crippen LogP contribution >= 0.6 is 11.6 Å². The van der Waals surface area contributed by atoms with Crippen molar-refractivity contribution in [3.63, 3.8) is 0 Å². The van der Waals surface area contributed by atoms with Gasteiger partial charge in [0.2, 0.25) is 5.91 Å². The van der Waals surface area contributed by atoms with Crippen molar-refractivity contribution in [1.82, 2.24) is 4.90 Å². The average Bonchev–Trinajstić information content (AvgIpc) is 2.84. The summed E-state index contributed by atoms with van der Waals surface area (Å²) in [6.45, 7) is -0.0215. The van der Waals surface area contributed by atoms with E-state index in [2.05, 4.69) is 5.32 Å². The van der Waals surface area contributed by atoms with E-state index in [1.807, 2.05) is 0 Å². The van der Waals surface area contributed by atoms with E-state index in [9.17, 15) is 39.3 Å². The Balaban J connectivity index is 1.85. The van der Waals surface area contributed by atoms with E-state index in [4.69, 9.17) is 17.3 Å². The lowest BCUT2D eigenvalue weighted by molar-refractivity contribution is -0.181. The summed E-state index contributed by atoms with van der Waals surface area (Å²) >= 11 is 5.66. The first-order valence-corrected chi connectivity index (χ1v) is 13.1. The van der Waals surface area contributed by atoms with Gasteiger partial charge in [0.15, 0.2) is 34.7 Å². The fourth-order valence-corrected chi connectivity index (χ4v) is 6.58. The lowest BCUT2D eigenvalue weighted by Crippen LogP contribution is -2.74. The second-order valence-corrected chi connectivity index (χ2v) is 11.3. The quantitative estimate of drug-likeness (QED) is 0.154. The van der Waals surface area contributed by atoms with E-state index in [-0.39, 0.29) is 36.5 Å². The van der Waals surface area contributed by atoms with E-state index in [0.29, 0.717) is 11.3 Å². The minimum absolute atomic E-state index is 0.0215. The van der Waals surface area contributed by atoms with E-state index < -0.39 is 76.2 Å². The van der Waals surface area contributed by atoms with Gasteiger partial charge >= 0.3 is 0 Å². The third-order valence-corrected chi connectivity index (χ3v) is 8.58. The lowest BCUT2D eigenvalue weighted by atomic mass is 9.52. The minimum Gasteiger partial charge on any atom is -0.505 e. The molecule has 3 aliphatic carbocycles. The normalized spacial score (nSPS) is 30.9. The minimum atomic E-state index is -2.78. The first-order chi connectivity index (χ1) is 18.2. The zero-order valence-electron chi connectivity index (χ0n) is 22.1. The second kappa shape index (κ2) is 10.2. The van der Waals surface area contributed by atoms with Gasteiger partial charge in [0.1, 0.15) is 5.75 Å². The maximum atomic E-state index is 13.9. The van der Waals surface area contributed by atoms with Crippen LogP contribution in [0.15, 0.2) is 6.07 Å². The summed E-state index contributed by atoms with van der Waals surface area (Å²) in [6.07, 6.45) is -0.810. The molecule has 0 heterocycles. The summed E-state index contributed by atoms with van der Waals surface area (Å²) in [4.78, 5) is 69.7. The van der Waals surface area contributed by atoms with Crippen molar-refractivity contribution in [2.75, 3.05) is 50.8 Å². The number of likely N-dealkylation sites (N-methyl/N-ethyl adjacent to an activating group) is 1. The Bertz CT molecular complexity index is 1270. The maximum Gasteiger partial charge on any atom is 0.235 e. The van der Waals surface area contributed by atoms with E-state index in [0.717, 1.165) is 0 Å². The number of phenolic OH excluding ortho intramolecular Hbond substituents is 1. The number of nitrogens with one attached hydrogen (secondary N) is 1. The predicted octanol–water partition coefficient (Wildman–Crippen LogP) is -1.06. The molecule has 7 atom stereocenters. The second-order valence-electron chi connectivity index (χ2n) is 11.0. The molecule has 1 amide bonds. The third-order valence-electron chi connectivity index (χ3n) is 8.23. The Morgan fingerprint density at radius 2 is 1.85 bits per heavy atom. The Labute approximate surface area is 230 Å². The first kappa shape index (κ1) is 28.9. The Hall–Kier alpha value is -3.06. The number of aliphatic hydroxyl groups is 2. The van der Waals surface area contributed by atoms with Crippen molar-refractivity contribution in [1.29, 1.82) is 0 Å². The fourth-order valence-electron chi connectivity index (χ4n) is 6.47. The molecule has 0 aliphatic heterocycles. The number of alkyl halides is 1. The number of carbonyl (C=O) groups excluding carboxylic acids is 5. The molecule has 0 aromatic heterocycles. The summed E-state index contributed by atoms with van der Waals surface area (Å²) in [5, 5.41) is 35.5. The van der Waals surface area contributed by atoms with Crippen LogP contribution in [0.4, 0.5) is 11.4 Å². The summed E-state index contributed by atoms with van der Waals surface area (Å²) in [6, 6.07) is 0.463. The number of anilines is 2. The number of rotatable bonds is 7. The molecule has 2 fully saturated rings. The molecule has 0 saturated heterocycles. The number of amides is 1. The number of fused-ring (bicyclic) bond motifs is 3. The number of aromatic hydroxyl groups is 1. The number of ketones is 4. The van der Waals surface area contributed by atoms with E-state index in [1.54, 1.807) is 25.1 Å². The SMILES string of the molecule is CN(C)c1cc(NCC(O)CCl)c(O)c2c1C[C@H]1C[C@H]3[C@H](N(C)C)C(=O)C(C(N)=O)C(=O)[C@@]3(O)C(=O)C1C2=O. The Kier molecular flexibility index (Phi) is 7.54. The molecule has 12 nitrogen and oxygen atoms in total. The highest BCUT2D eigenvalue weighted by Gasteiger charge is 2.69. The molecule has 1 aromatic rings. The number of benzene rings is 1. The van der Waals surface area contributed by atoms with Crippen LogP contribution in [0, 0.1) is 23.7 Å². The summed E-state index contributed by atoms with van der Waals surface area (Å²) in [5.41, 5.74) is 3.63. The highest BCUT2D eigenvalue weighted by Crippen LogP contribution is 2.52. The van der Waals surface area contributed by atoms with Crippen LogP contribution < -0.4 is 16.0 Å². The number of hydrogen-bond acceptors (Lipinski definition) is 11. The average molecular weight is 565 g/mol. The van der Waals surface area contributed by atoms with Gasteiger partial charge in [-0.2, -0.15) is 0 Å². The number of phenols is 1. The molecule has 1 aromatic carbocycles. The van der Waals surface area contributed by atoms with Crippen LogP contribution in [0.5, 0.6) is 5.75 Å². The van der Waals surface area contributed by atoms with Crippen molar-refractivity contribution in [3.8, 4) is 5.75 Å². The zero-order chi connectivity index (χ0) is 29.1. The first-order valence-electron chi connectivity index (χ1n) is 12.6. The number of aliphatic hydroxyl groups excluding tert-OH is 1. The van der Waals surface area contributed by atoms with Crippen molar-refractivity contribution in [2.45, 2.75) is 30.6 Å². The smallest absolute Gasteiger partial charge is 0.235 e. The van der Waals surface area contributed by atoms with Gasteiger partial charge < -0.3 is 31.3 Å². The molecule has 6 N–H and O–H groups in total. The van der Waals surface area contributed by atoms with Gasteiger partial charge in [-0.25, -0.2) is 0 Å². The van der Waals surface area contributed by atoms with Crippen LogP contribution in [0.3, 0.4) is 0 Å². The van der Waals surface area contributed by atoms with Crippen molar-refractivity contribution < 1.29 is 39.3 Å². The van der Waals surface area contributed by atoms with Gasteiger partial charge in [-0.3, -0.25) is 28.9 Å². The number of nitrogens with two attached hydrogens (primary N) is 1. The van der Waals surface area contributed by atoms with Gasteiger partial charge in [0, 0.05) is 32.2 Å². The molecule has 0 spiro atoms. The van der Waals surface area contributed by atoms with Gasteiger partial charge in [-0.1, -0.05) is 0 Å². The van der Waals surface area contributed by atoms with Crippen LogP contribution in [0.2, 0.25) is 0 Å². The lowest BCUT2D eigenvalue weighted by Gasteiger charge is -2.52. The molecule has 212 valence electrons. The van der Waals surface area contributed by atoms with Gasteiger partial charge in [0.25, 0.3) is 0 Å². The van der Waals surface area contributed by atoms with Gasteiger partial charge in [-0.15, -0.1) is 11.6 Å². The molecular weight excluding hydrogens is 532 g/mol. The standard InChI is InChI=1S/C26H33ClN4O8/c1-30(2)15-7-14(29-9-11(32)8-27)20(33)17-12(15)5-10-6-13-19(31(3)4)22(35)18(25(28)38)24(37)26(13,39)23(36)16(10)21(17)34/h7,10-11,13,16,18-19,29,32-33,39H,5-6,8-9H2,1-4H3,(H2,28,38)/t10-,11?,13-,16?,18?,19-,26-/m0/s1. The van der Waals surface area contributed by atoms with Crippen molar-refractivity contribution in [3.05, 3.63) is 17.2 Å². The predicted molar refractivity (Wildman–Crippen MR) is 141 cm³/mol. The number of primary amides is 1. The molecule has 2 saturated carbocycles. The summed E-state index contributed by atoms with van der Waals surface area (Å²) in [7, 11) is 6.56. The van der Waals surface area contributed by atoms with Crippen LogP contribution in [-0.4, -0.2) is 108 Å². The number of Topliss-reactive ketones (excluding diaryl/α,β-unsaturated/α-hetero) is 4. The van der Waals surface area contributed by atoms with Crippen LogP contribution in [0.25, 0.3) is 0 Å². The summed E-state index contributed by atoms with van der Waals surface area (Å²) in [5.74, 6) is -11.1. The number of halogens is 1. The van der Waals surface area contributed by atoms with Gasteiger partial charge in [0.05, 0.1) is 35.2 Å². The number of nitrogens with zero attached hydrogens (tertiary/aromatic N) is 2. The molecule has 0 radical (unpaired) electrons. The van der Waals surface area contributed by atoms with Crippen molar-refractivity contribution in [2.24, 2.45) is 29.4 Å². The molecule has 13 heteroatoms. The van der Waals surface area contributed by atoms with Gasteiger partial charge in [-0.05, 0) is 44.5 Å². The molecule has 0 bridgehead atoms. The molecular formula is C26H33ClN4O8. The number of carbonyl (C=O) groups is 5. The fraction of sp³-hybridized carbons (Fsp3) is 0.577. The summed E-state index contributed by atoms with van der Waals surface area (Å²) < 4.78 is 0. The van der Waals surface area contributed by atoms with Crippen molar-refractivity contribution >= 4 is 52.0 Å². The molecule has 3 unspecified atom stereocenters. The van der Waals surface area contributed by atoms with Crippen LogP contribution in [-0.2, 0) is 25.6 Å². The molecule has 3 aliphatic rings. The monoisotopic (exact) mass is 564 g/mol. The van der Waals surface area contributed by atoms with E-state index >= 15 is 0 Å². The Morgan fingerprint density at radius 3 is 2.38 bits per heavy atom. The zero-order valence-corrected chi connectivity index (χ0v) is 22.9. The maximum absolute atomic E-state index is 13.9. The molecule has 4 rings (SSSR count). The highest BCUT2D eigenvalue weighted by molar-refractivity contribution is 6.32. The van der Waals surface area contributed by atoms with E-state index in [1.165, 1.54) is 19.0 Å². The van der Waals surface area contributed by atoms with Crippen LogP contribution in [0.1, 0.15) is 22.3 Å². The topological polar surface area (TPSA) is 191 Å². The largest absolute Gasteiger partial charge is 0.505 e. The highest BCUT2D eigenvalue weighted by atomic mass is 35.5.